The highest BCUT2D eigenvalue weighted by Crippen LogP contribution is 2.39. The SMILES string of the molecule is N[C@H](c1nc2c(F)cc(F)cc2c(=O)n1-c1cc[nH]n1)C1CC1. The zero-order valence-corrected chi connectivity index (χ0v) is 12.0. The van der Waals surface area contributed by atoms with Crippen molar-refractivity contribution in [3.8, 4) is 5.82 Å². The maximum Gasteiger partial charge on any atom is 0.267 e. The van der Waals surface area contributed by atoms with Gasteiger partial charge in [-0.3, -0.25) is 9.89 Å². The number of H-pyrrole nitrogens is 1. The number of fused-ring (bicyclic) bond motifs is 1. The number of nitrogens with zero attached hydrogens (tertiary/aromatic N) is 3. The molecule has 0 bridgehead atoms. The first-order chi connectivity index (χ1) is 11.1. The maximum absolute atomic E-state index is 14.0. The number of hydrogen-bond donors (Lipinski definition) is 2. The highest BCUT2D eigenvalue weighted by Gasteiger charge is 2.33. The van der Waals surface area contributed by atoms with Gasteiger partial charge in [-0.2, -0.15) is 5.10 Å². The predicted octanol–water partition coefficient (Wildman–Crippen LogP) is 1.80. The summed E-state index contributed by atoms with van der Waals surface area (Å²) in [5.74, 6) is -0.979. The van der Waals surface area contributed by atoms with Crippen molar-refractivity contribution in [2.24, 2.45) is 11.7 Å². The Morgan fingerprint density at radius 1 is 1.35 bits per heavy atom. The van der Waals surface area contributed by atoms with Crippen molar-refractivity contribution >= 4 is 10.9 Å². The molecule has 1 atom stereocenters. The molecule has 1 saturated carbocycles. The Hall–Kier alpha value is -2.61. The van der Waals surface area contributed by atoms with E-state index in [0.717, 1.165) is 18.9 Å². The molecule has 0 amide bonds. The van der Waals surface area contributed by atoms with Gasteiger partial charge in [0.2, 0.25) is 0 Å². The zero-order valence-electron chi connectivity index (χ0n) is 12.0. The van der Waals surface area contributed by atoms with Crippen LogP contribution < -0.4 is 11.3 Å². The maximum atomic E-state index is 14.0. The molecule has 2 aromatic heterocycles. The molecule has 0 aliphatic heterocycles. The molecule has 1 aromatic carbocycles. The van der Waals surface area contributed by atoms with Crippen LogP contribution in [0.2, 0.25) is 0 Å². The summed E-state index contributed by atoms with van der Waals surface area (Å²) in [4.78, 5) is 17.0. The van der Waals surface area contributed by atoms with Crippen LogP contribution >= 0.6 is 0 Å². The minimum Gasteiger partial charge on any atom is -0.321 e. The van der Waals surface area contributed by atoms with Gasteiger partial charge in [0, 0.05) is 18.3 Å². The number of nitrogens with two attached hydrogens (primary N) is 1. The lowest BCUT2D eigenvalue weighted by Crippen LogP contribution is -2.30. The fraction of sp³-hybridized carbons (Fsp3) is 0.267. The number of halogens is 2. The first kappa shape index (κ1) is 14.0. The molecule has 1 fully saturated rings. The summed E-state index contributed by atoms with van der Waals surface area (Å²) in [5.41, 5.74) is 5.43. The quantitative estimate of drug-likeness (QED) is 0.771. The normalized spacial score (nSPS) is 16.0. The second-order valence-corrected chi connectivity index (χ2v) is 5.69. The zero-order chi connectivity index (χ0) is 16.1. The molecule has 3 aromatic rings. The lowest BCUT2D eigenvalue weighted by atomic mass is 10.1. The Labute approximate surface area is 129 Å². The lowest BCUT2D eigenvalue weighted by Gasteiger charge is -2.16. The first-order valence-electron chi connectivity index (χ1n) is 7.23. The van der Waals surface area contributed by atoms with Gasteiger partial charge in [-0.05, 0) is 24.8 Å². The Balaban J connectivity index is 2.09. The summed E-state index contributed by atoms with van der Waals surface area (Å²) < 4.78 is 28.8. The van der Waals surface area contributed by atoms with Gasteiger partial charge in [0.25, 0.3) is 5.56 Å². The minimum atomic E-state index is -0.879. The number of hydrogen-bond acceptors (Lipinski definition) is 4. The Morgan fingerprint density at radius 2 is 2.13 bits per heavy atom. The summed E-state index contributed by atoms with van der Waals surface area (Å²) in [5, 5.41) is 6.45. The monoisotopic (exact) mass is 317 g/mol. The van der Waals surface area contributed by atoms with Crippen LogP contribution in [0, 0.1) is 17.6 Å². The molecule has 1 aliphatic carbocycles. The van der Waals surface area contributed by atoms with Gasteiger partial charge in [0.15, 0.2) is 11.6 Å². The van der Waals surface area contributed by atoms with Crippen LogP contribution in [0.15, 0.2) is 29.2 Å². The molecular formula is C15H13F2N5O. The van der Waals surface area contributed by atoms with Gasteiger partial charge in [0.05, 0.1) is 11.4 Å². The van der Waals surface area contributed by atoms with E-state index in [1.807, 2.05) is 0 Å². The summed E-state index contributed by atoms with van der Waals surface area (Å²) in [7, 11) is 0. The Bertz CT molecular complexity index is 947. The fourth-order valence-electron chi connectivity index (χ4n) is 2.72. The van der Waals surface area contributed by atoms with E-state index in [1.54, 1.807) is 12.3 Å². The van der Waals surface area contributed by atoms with Crippen LogP contribution in [0.1, 0.15) is 24.7 Å². The number of aromatic nitrogens is 4. The van der Waals surface area contributed by atoms with Crippen molar-refractivity contribution in [2.45, 2.75) is 18.9 Å². The van der Waals surface area contributed by atoms with Crippen molar-refractivity contribution in [1.82, 2.24) is 19.7 Å². The van der Waals surface area contributed by atoms with E-state index in [1.165, 1.54) is 4.57 Å². The van der Waals surface area contributed by atoms with Gasteiger partial charge >= 0.3 is 0 Å². The molecule has 0 saturated heterocycles. The predicted molar refractivity (Wildman–Crippen MR) is 79.1 cm³/mol. The number of nitrogens with one attached hydrogen (secondary N) is 1. The van der Waals surface area contributed by atoms with E-state index >= 15 is 0 Å². The van der Waals surface area contributed by atoms with Gasteiger partial charge in [-0.15, -0.1) is 0 Å². The van der Waals surface area contributed by atoms with Crippen molar-refractivity contribution in [2.75, 3.05) is 0 Å². The van der Waals surface area contributed by atoms with Gasteiger partial charge < -0.3 is 5.73 Å². The standard InChI is InChI=1S/C15H13F2N5O/c16-8-5-9-13(10(17)6-8)20-14(12(18)7-1-2-7)22(15(9)23)11-3-4-19-21-11/h3-7,12H,1-2,18H2,(H,19,21)/t12-/m0/s1. The van der Waals surface area contributed by atoms with Gasteiger partial charge in [-0.25, -0.2) is 18.3 Å². The minimum absolute atomic E-state index is 0.141. The molecule has 6 nitrogen and oxygen atoms in total. The summed E-state index contributed by atoms with van der Waals surface area (Å²) in [6.07, 6.45) is 3.41. The number of rotatable bonds is 3. The molecule has 23 heavy (non-hydrogen) atoms. The van der Waals surface area contributed by atoms with Gasteiger partial charge in [-0.1, -0.05) is 0 Å². The molecule has 3 N–H and O–H groups in total. The van der Waals surface area contributed by atoms with Crippen molar-refractivity contribution in [1.29, 1.82) is 0 Å². The van der Waals surface area contributed by atoms with Gasteiger partial charge in [0.1, 0.15) is 17.2 Å². The largest absolute Gasteiger partial charge is 0.321 e. The van der Waals surface area contributed by atoms with Crippen LogP contribution in [0.3, 0.4) is 0 Å². The molecule has 0 spiro atoms. The van der Waals surface area contributed by atoms with Crippen molar-refractivity contribution in [3.63, 3.8) is 0 Å². The second-order valence-electron chi connectivity index (χ2n) is 5.69. The van der Waals surface area contributed by atoms with Crippen LogP contribution in [-0.4, -0.2) is 19.7 Å². The second kappa shape index (κ2) is 4.95. The fourth-order valence-corrected chi connectivity index (χ4v) is 2.72. The summed E-state index contributed by atoms with van der Waals surface area (Å²) in [6, 6.07) is 2.75. The van der Waals surface area contributed by atoms with Crippen LogP contribution in [-0.2, 0) is 0 Å². The van der Waals surface area contributed by atoms with E-state index in [2.05, 4.69) is 15.2 Å². The van der Waals surface area contributed by atoms with Crippen LogP contribution in [0.25, 0.3) is 16.7 Å². The average Bonchev–Trinajstić information content (AvgIpc) is 3.23. The van der Waals surface area contributed by atoms with E-state index in [9.17, 15) is 13.6 Å². The highest BCUT2D eigenvalue weighted by atomic mass is 19.1. The van der Waals surface area contributed by atoms with E-state index in [4.69, 9.17) is 5.73 Å². The third kappa shape index (κ3) is 2.22. The first-order valence-corrected chi connectivity index (χ1v) is 7.23. The summed E-state index contributed by atoms with van der Waals surface area (Å²) in [6.45, 7) is 0. The molecule has 4 rings (SSSR count). The number of aromatic amines is 1. The average molecular weight is 317 g/mol. The van der Waals surface area contributed by atoms with Crippen LogP contribution in [0.5, 0.6) is 0 Å². The van der Waals surface area contributed by atoms with E-state index in [0.29, 0.717) is 11.9 Å². The third-order valence-corrected chi connectivity index (χ3v) is 4.06. The third-order valence-electron chi connectivity index (χ3n) is 4.06. The summed E-state index contributed by atoms with van der Waals surface area (Å²) >= 11 is 0. The number of benzene rings is 1. The molecule has 118 valence electrons. The smallest absolute Gasteiger partial charge is 0.267 e. The molecular weight excluding hydrogens is 304 g/mol. The Morgan fingerprint density at radius 3 is 2.78 bits per heavy atom. The van der Waals surface area contributed by atoms with Crippen LogP contribution in [0.4, 0.5) is 8.78 Å². The molecule has 2 heterocycles. The molecule has 8 heteroatoms. The van der Waals surface area contributed by atoms with E-state index in [-0.39, 0.29) is 22.6 Å². The molecule has 0 radical (unpaired) electrons. The topological polar surface area (TPSA) is 89.6 Å². The molecule has 1 aliphatic rings. The van der Waals surface area contributed by atoms with Crippen molar-refractivity contribution in [3.05, 3.63) is 52.2 Å². The molecule has 0 unspecified atom stereocenters. The Kier molecular flexibility index (Phi) is 3.02. The van der Waals surface area contributed by atoms with E-state index < -0.39 is 23.2 Å². The lowest BCUT2D eigenvalue weighted by molar-refractivity contribution is 0.563. The highest BCUT2D eigenvalue weighted by molar-refractivity contribution is 5.78. The van der Waals surface area contributed by atoms with Crippen molar-refractivity contribution < 1.29 is 8.78 Å².